The number of allylic oxidation sites excluding steroid dienone is 3. The minimum atomic E-state index is 0.661. The maximum atomic E-state index is 5.97. The zero-order valence-corrected chi connectivity index (χ0v) is 18.2. The van der Waals surface area contributed by atoms with Gasteiger partial charge in [0.1, 0.15) is 11.5 Å². The smallest absolute Gasteiger partial charge is 0.180 e. The van der Waals surface area contributed by atoms with Crippen molar-refractivity contribution < 1.29 is 4.74 Å². The maximum absolute atomic E-state index is 5.97. The molecule has 0 radical (unpaired) electrons. The number of fused-ring (bicyclic) bond motifs is 1. The molecule has 2 N–H and O–H groups in total. The number of hydrogen-bond acceptors (Lipinski definition) is 6. The predicted octanol–water partition coefficient (Wildman–Crippen LogP) is 7.46. The van der Waals surface area contributed by atoms with Gasteiger partial charge < -0.3 is 14.8 Å². The number of para-hydroxylation sites is 3. The van der Waals surface area contributed by atoms with Gasteiger partial charge in [0.2, 0.25) is 0 Å². The van der Waals surface area contributed by atoms with Gasteiger partial charge in [0, 0.05) is 16.7 Å². The first-order chi connectivity index (χ1) is 15.8. The van der Waals surface area contributed by atoms with E-state index in [1.807, 2.05) is 78.9 Å². The van der Waals surface area contributed by atoms with Crippen molar-refractivity contribution in [1.82, 2.24) is 9.97 Å². The van der Waals surface area contributed by atoms with Gasteiger partial charge in [-0.15, -0.1) is 0 Å². The lowest BCUT2D eigenvalue weighted by molar-refractivity contribution is 0.483. The summed E-state index contributed by atoms with van der Waals surface area (Å²) >= 11 is 1.55. The molecule has 0 saturated heterocycles. The van der Waals surface area contributed by atoms with Crippen molar-refractivity contribution >= 4 is 40.3 Å². The van der Waals surface area contributed by atoms with E-state index >= 15 is 0 Å². The van der Waals surface area contributed by atoms with E-state index in [0.29, 0.717) is 11.6 Å². The van der Waals surface area contributed by atoms with Crippen LogP contribution in [0.25, 0.3) is 11.0 Å². The molecule has 5 nitrogen and oxygen atoms in total. The first-order valence-corrected chi connectivity index (χ1v) is 11.3. The average Bonchev–Trinajstić information content (AvgIpc) is 2.84. The summed E-state index contributed by atoms with van der Waals surface area (Å²) in [5, 5.41) is 3.41. The third-order valence-corrected chi connectivity index (χ3v) is 5.71. The molecule has 1 aliphatic rings. The van der Waals surface area contributed by atoms with Crippen LogP contribution in [0.1, 0.15) is 12.8 Å². The van der Waals surface area contributed by atoms with Crippen LogP contribution in [-0.4, -0.2) is 9.97 Å². The highest BCUT2D eigenvalue weighted by atomic mass is 32.2. The summed E-state index contributed by atoms with van der Waals surface area (Å²) in [5.74, 6) is 2.88. The minimum absolute atomic E-state index is 0.661. The third kappa shape index (κ3) is 4.92. The molecule has 3 aromatic carbocycles. The van der Waals surface area contributed by atoms with Gasteiger partial charge in [0.25, 0.3) is 0 Å². The molecular weight excluding hydrogens is 416 g/mol. The quantitative estimate of drug-likeness (QED) is 0.292. The minimum Gasteiger partial charge on any atom is -0.457 e. The topological polar surface area (TPSA) is 59.1 Å². The summed E-state index contributed by atoms with van der Waals surface area (Å²) in [6, 6.07) is 25.4. The first-order valence-electron chi connectivity index (χ1n) is 10.5. The number of hydrogen-bond donors (Lipinski definition) is 2. The van der Waals surface area contributed by atoms with E-state index in [-0.39, 0.29) is 0 Å². The van der Waals surface area contributed by atoms with Crippen LogP contribution in [0.15, 0.2) is 102 Å². The molecule has 1 aromatic heterocycles. The van der Waals surface area contributed by atoms with Crippen LogP contribution in [0.2, 0.25) is 0 Å². The molecule has 32 heavy (non-hydrogen) atoms. The van der Waals surface area contributed by atoms with E-state index in [9.17, 15) is 0 Å². The second kappa shape index (κ2) is 9.58. The van der Waals surface area contributed by atoms with Gasteiger partial charge in [-0.05, 0) is 61.2 Å². The van der Waals surface area contributed by atoms with Gasteiger partial charge in [-0.25, -0.2) is 9.97 Å². The van der Waals surface area contributed by atoms with Crippen molar-refractivity contribution in [3.8, 4) is 11.5 Å². The maximum Gasteiger partial charge on any atom is 0.180 e. The van der Waals surface area contributed by atoms with Crippen molar-refractivity contribution in [2.75, 3.05) is 10.0 Å². The molecule has 4 aromatic rings. The van der Waals surface area contributed by atoms with Crippen LogP contribution in [0.3, 0.4) is 0 Å². The summed E-state index contributed by atoms with van der Waals surface area (Å²) in [6.07, 6.45) is 8.70. The Labute approximate surface area is 191 Å². The lowest BCUT2D eigenvalue weighted by atomic mass is 10.2. The Morgan fingerprint density at radius 2 is 1.50 bits per heavy atom. The Morgan fingerprint density at radius 1 is 0.750 bits per heavy atom. The lowest BCUT2D eigenvalue weighted by Crippen LogP contribution is -2.02. The molecule has 0 fully saturated rings. The van der Waals surface area contributed by atoms with E-state index in [4.69, 9.17) is 14.7 Å². The van der Waals surface area contributed by atoms with E-state index in [1.165, 1.54) is 4.91 Å². The van der Waals surface area contributed by atoms with Crippen LogP contribution in [0.5, 0.6) is 11.5 Å². The van der Waals surface area contributed by atoms with Crippen LogP contribution < -0.4 is 14.8 Å². The fraction of sp³-hybridized carbons (Fsp3) is 0.0769. The van der Waals surface area contributed by atoms with Gasteiger partial charge in [0.15, 0.2) is 11.6 Å². The van der Waals surface area contributed by atoms with Crippen molar-refractivity contribution in [2.24, 2.45) is 0 Å². The number of benzene rings is 3. The second-order valence-corrected chi connectivity index (χ2v) is 8.15. The van der Waals surface area contributed by atoms with Crippen LogP contribution in [0.4, 0.5) is 17.3 Å². The van der Waals surface area contributed by atoms with Crippen LogP contribution in [0, 0.1) is 0 Å². The number of nitrogens with zero attached hydrogens (tertiary/aromatic N) is 2. The molecule has 0 atom stereocenters. The van der Waals surface area contributed by atoms with E-state index in [0.717, 1.165) is 41.1 Å². The zero-order valence-electron chi connectivity index (χ0n) is 17.4. The number of ether oxygens (including phenoxy) is 1. The van der Waals surface area contributed by atoms with Gasteiger partial charge in [-0.1, -0.05) is 54.6 Å². The van der Waals surface area contributed by atoms with E-state index in [2.05, 4.69) is 28.3 Å². The molecule has 158 valence electrons. The lowest BCUT2D eigenvalue weighted by Gasteiger charge is -2.14. The number of anilines is 3. The Balaban J connectivity index is 1.41. The molecule has 0 bridgehead atoms. The highest BCUT2D eigenvalue weighted by molar-refractivity contribution is 8.04. The van der Waals surface area contributed by atoms with Crippen molar-refractivity contribution in [1.29, 1.82) is 0 Å². The zero-order chi connectivity index (χ0) is 21.6. The highest BCUT2D eigenvalue weighted by Gasteiger charge is 2.11. The summed E-state index contributed by atoms with van der Waals surface area (Å²) in [4.78, 5) is 10.8. The monoisotopic (exact) mass is 438 g/mol. The van der Waals surface area contributed by atoms with E-state index in [1.54, 1.807) is 11.9 Å². The van der Waals surface area contributed by atoms with Gasteiger partial charge in [-0.3, -0.25) is 0 Å². The third-order valence-electron chi connectivity index (χ3n) is 4.87. The Morgan fingerprint density at radius 3 is 2.28 bits per heavy atom. The van der Waals surface area contributed by atoms with E-state index < -0.39 is 0 Å². The molecule has 1 aliphatic carbocycles. The van der Waals surface area contributed by atoms with Crippen LogP contribution in [-0.2, 0) is 0 Å². The Kier molecular flexibility index (Phi) is 6.03. The molecule has 1 heterocycles. The molecule has 0 aliphatic heterocycles. The van der Waals surface area contributed by atoms with Gasteiger partial charge >= 0.3 is 0 Å². The van der Waals surface area contributed by atoms with Crippen LogP contribution >= 0.6 is 11.9 Å². The summed E-state index contributed by atoms with van der Waals surface area (Å²) in [7, 11) is 0. The van der Waals surface area contributed by atoms with Gasteiger partial charge in [0.05, 0.1) is 11.0 Å². The highest BCUT2D eigenvalue weighted by Crippen LogP contribution is 2.31. The second-order valence-electron chi connectivity index (χ2n) is 7.27. The average molecular weight is 439 g/mol. The van der Waals surface area contributed by atoms with Crippen molar-refractivity contribution in [3.63, 3.8) is 0 Å². The fourth-order valence-corrected chi connectivity index (χ4v) is 4.05. The molecule has 0 saturated carbocycles. The predicted molar refractivity (Wildman–Crippen MR) is 133 cm³/mol. The molecule has 0 unspecified atom stereocenters. The Bertz CT molecular complexity index is 1290. The molecular formula is C26H22N4OS. The first kappa shape index (κ1) is 20.2. The number of aromatic nitrogens is 2. The van der Waals surface area contributed by atoms with Gasteiger partial charge in [-0.2, -0.15) is 0 Å². The summed E-state index contributed by atoms with van der Waals surface area (Å²) < 4.78 is 9.35. The molecule has 6 heteroatoms. The number of rotatable bonds is 7. The SMILES string of the molecule is C1=CC(SNc2nc3ccccc3nc2Nc2cccc(Oc3ccccc3)c2)=CCC1. The normalized spacial score (nSPS) is 12.9. The summed E-state index contributed by atoms with van der Waals surface area (Å²) in [6.45, 7) is 0. The molecule has 0 spiro atoms. The molecule has 0 amide bonds. The molecule has 5 rings (SSSR count). The van der Waals surface area contributed by atoms with Crippen molar-refractivity contribution in [2.45, 2.75) is 12.8 Å². The van der Waals surface area contributed by atoms with Crippen molar-refractivity contribution in [3.05, 3.63) is 102 Å². The fourth-order valence-electron chi connectivity index (χ4n) is 3.33. The standard InChI is InChI=1S/C26H22N4OS/c1-3-11-20(12-4-1)31-21-13-9-10-19(18-21)27-25-26(30-32-22-14-5-2-6-15-22)29-24-17-8-7-16-23(24)28-25/h1,3-5,7-18H,2,6H2,(H,27,28)(H,29,30). The largest absolute Gasteiger partial charge is 0.457 e. The number of nitrogens with one attached hydrogen (secondary N) is 2. The Hall–Kier alpha value is -3.77. The summed E-state index contributed by atoms with van der Waals surface area (Å²) in [5.41, 5.74) is 2.54.